The van der Waals surface area contributed by atoms with Gasteiger partial charge in [0, 0.05) is 19.5 Å². The van der Waals surface area contributed by atoms with Crippen LogP contribution in [0.15, 0.2) is 58.6 Å². The van der Waals surface area contributed by atoms with Crippen molar-refractivity contribution in [2.24, 2.45) is 5.16 Å². The van der Waals surface area contributed by atoms with Crippen molar-refractivity contribution in [1.82, 2.24) is 4.31 Å². The number of carbonyl (C=O) groups excluding carboxylic acids is 1. The summed E-state index contributed by atoms with van der Waals surface area (Å²) in [7, 11) is -3.70. The summed E-state index contributed by atoms with van der Waals surface area (Å²) in [5.74, 6) is -0.0830. The topological polar surface area (TPSA) is 97.3 Å². The van der Waals surface area contributed by atoms with Gasteiger partial charge >= 0.3 is 0 Å². The Labute approximate surface area is 189 Å². The number of amides is 1. The van der Waals surface area contributed by atoms with Gasteiger partial charge in [-0.1, -0.05) is 49.3 Å². The Kier molecular flexibility index (Phi) is 7.52. The van der Waals surface area contributed by atoms with Crippen LogP contribution in [0.1, 0.15) is 45.8 Å². The molecule has 8 nitrogen and oxygen atoms in total. The van der Waals surface area contributed by atoms with E-state index < -0.39 is 15.9 Å². The lowest BCUT2D eigenvalue weighted by Crippen LogP contribution is -2.30. The van der Waals surface area contributed by atoms with E-state index in [1.54, 1.807) is 19.9 Å². The van der Waals surface area contributed by atoms with Crippen LogP contribution in [-0.2, 0) is 19.7 Å². The molecule has 0 spiro atoms. The number of oxime groups is 1. The zero-order chi connectivity index (χ0) is 23.3. The molecule has 0 fully saturated rings. The molecular formula is C23H29N3O5S. The minimum atomic E-state index is -3.70. The molecule has 2 aromatic carbocycles. The van der Waals surface area contributed by atoms with Gasteiger partial charge in [0.1, 0.15) is 11.5 Å². The number of rotatable bonds is 9. The minimum Gasteiger partial charge on any atom is -0.489 e. The van der Waals surface area contributed by atoms with Crippen molar-refractivity contribution >= 4 is 27.3 Å². The molecule has 1 aliphatic heterocycles. The summed E-state index contributed by atoms with van der Waals surface area (Å²) in [5, 5.41) is 6.70. The van der Waals surface area contributed by atoms with Crippen LogP contribution in [0.3, 0.4) is 0 Å². The van der Waals surface area contributed by atoms with Gasteiger partial charge in [0.15, 0.2) is 6.10 Å². The molecular weight excluding hydrogens is 430 g/mol. The Morgan fingerprint density at radius 2 is 1.88 bits per heavy atom. The summed E-state index contributed by atoms with van der Waals surface area (Å²) < 4.78 is 33.0. The van der Waals surface area contributed by atoms with Crippen LogP contribution in [0, 0.1) is 0 Å². The van der Waals surface area contributed by atoms with Gasteiger partial charge < -0.3 is 14.9 Å². The van der Waals surface area contributed by atoms with Crippen LogP contribution in [-0.4, -0.2) is 43.5 Å². The predicted octanol–water partition coefficient (Wildman–Crippen LogP) is 3.96. The van der Waals surface area contributed by atoms with E-state index in [9.17, 15) is 13.2 Å². The number of nitrogens with one attached hydrogen (secondary N) is 1. The van der Waals surface area contributed by atoms with Crippen LogP contribution in [0.4, 0.5) is 5.69 Å². The smallest absolute Gasteiger partial charge is 0.273 e. The summed E-state index contributed by atoms with van der Waals surface area (Å²) in [6, 6.07) is 14.0. The number of carbonyl (C=O) groups is 1. The highest BCUT2D eigenvalue weighted by Gasteiger charge is 2.29. The first kappa shape index (κ1) is 23.7. The molecule has 1 atom stereocenters. The maximum Gasteiger partial charge on any atom is 0.273 e. The van der Waals surface area contributed by atoms with Crippen molar-refractivity contribution in [1.29, 1.82) is 0 Å². The normalized spacial score (nSPS) is 16.1. The van der Waals surface area contributed by atoms with Crippen LogP contribution in [0.25, 0.3) is 0 Å². The monoisotopic (exact) mass is 459 g/mol. The van der Waals surface area contributed by atoms with E-state index in [2.05, 4.69) is 10.5 Å². The lowest BCUT2D eigenvalue weighted by Gasteiger charge is -2.20. The highest BCUT2D eigenvalue weighted by molar-refractivity contribution is 7.89. The van der Waals surface area contributed by atoms with E-state index in [4.69, 9.17) is 9.57 Å². The fourth-order valence-electron chi connectivity index (χ4n) is 3.39. The van der Waals surface area contributed by atoms with Gasteiger partial charge in [-0.3, -0.25) is 4.79 Å². The van der Waals surface area contributed by atoms with Gasteiger partial charge in [0.05, 0.1) is 16.7 Å². The van der Waals surface area contributed by atoms with Crippen molar-refractivity contribution in [3.8, 4) is 5.75 Å². The minimum absolute atomic E-state index is 0.0828. The second kappa shape index (κ2) is 10.1. The molecule has 2 aromatic rings. The Morgan fingerprint density at radius 1 is 1.19 bits per heavy atom. The number of hydrogen-bond acceptors (Lipinski definition) is 6. The lowest BCUT2D eigenvalue weighted by molar-refractivity contribution is -0.110. The molecule has 1 unspecified atom stereocenters. The van der Waals surface area contributed by atoms with Crippen LogP contribution < -0.4 is 10.1 Å². The quantitative estimate of drug-likeness (QED) is 0.612. The molecule has 1 heterocycles. The van der Waals surface area contributed by atoms with Gasteiger partial charge in [0.2, 0.25) is 10.0 Å². The summed E-state index contributed by atoms with van der Waals surface area (Å²) in [6.45, 7) is 7.96. The van der Waals surface area contributed by atoms with Crippen molar-refractivity contribution in [2.75, 3.05) is 18.4 Å². The zero-order valence-electron chi connectivity index (χ0n) is 18.7. The van der Waals surface area contributed by atoms with E-state index >= 15 is 0 Å². The lowest BCUT2D eigenvalue weighted by atomic mass is 10.0. The van der Waals surface area contributed by atoms with Gasteiger partial charge in [0.25, 0.3) is 5.91 Å². The number of hydrogen-bond donors (Lipinski definition) is 1. The Balaban J connectivity index is 1.84. The summed E-state index contributed by atoms with van der Waals surface area (Å²) in [4.78, 5) is 18.4. The van der Waals surface area contributed by atoms with E-state index in [1.165, 1.54) is 16.4 Å². The van der Waals surface area contributed by atoms with Gasteiger partial charge in [-0.05, 0) is 37.6 Å². The largest absolute Gasteiger partial charge is 0.489 e. The standard InChI is InChI=1S/C23H29N3O5S/c1-5-26(6-2)32(28,29)18-12-13-21(30-16(3)4)19(14-18)24-23(27)20-15-22(31-25-20)17-10-8-7-9-11-17/h7-14,16,22H,5-6,15H2,1-4H3,(H,24,27). The Bertz CT molecular complexity index is 1080. The molecule has 32 heavy (non-hydrogen) atoms. The predicted molar refractivity (Wildman–Crippen MR) is 123 cm³/mol. The first-order chi connectivity index (χ1) is 15.3. The second-order valence-electron chi connectivity index (χ2n) is 7.61. The third-order valence-corrected chi connectivity index (χ3v) is 7.05. The average Bonchev–Trinajstić information content (AvgIpc) is 3.26. The molecule has 9 heteroatoms. The van der Waals surface area contributed by atoms with E-state index in [1.807, 2.05) is 44.2 Å². The number of benzene rings is 2. The molecule has 0 radical (unpaired) electrons. The summed E-state index contributed by atoms with van der Waals surface area (Å²) in [5.41, 5.74) is 1.42. The van der Waals surface area contributed by atoms with Crippen LogP contribution in [0.2, 0.25) is 0 Å². The third kappa shape index (κ3) is 5.28. The Hall–Kier alpha value is -2.91. The van der Waals surface area contributed by atoms with E-state index in [0.29, 0.717) is 25.3 Å². The molecule has 3 rings (SSSR count). The van der Waals surface area contributed by atoms with Gasteiger partial charge in [-0.25, -0.2) is 8.42 Å². The number of sulfonamides is 1. The molecule has 0 aromatic heterocycles. The fraction of sp³-hybridized carbons (Fsp3) is 0.391. The molecule has 172 valence electrons. The average molecular weight is 460 g/mol. The van der Waals surface area contributed by atoms with Gasteiger partial charge in [-0.15, -0.1) is 0 Å². The maximum atomic E-state index is 13.0. The molecule has 1 aliphatic rings. The zero-order valence-corrected chi connectivity index (χ0v) is 19.6. The van der Waals surface area contributed by atoms with Crippen LogP contribution in [0.5, 0.6) is 5.75 Å². The highest BCUT2D eigenvalue weighted by Crippen LogP contribution is 2.32. The maximum absolute atomic E-state index is 13.0. The molecule has 0 bridgehead atoms. The fourth-order valence-corrected chi connectivity index (χ4v) is 4.87. The highest BCUT2D eigenvalue weighted by atomic mass is 32.2. The van der Waals surface area contributed by atoms with E-state index in [-0.39, 0.29) is 28.5 Å². The number of anilines is 1. The third-order valence-electron chi connectivity index (χ3n) is 5.01. The molecule has 1 N–H and O–H groups in total. The van der Waals surface area contributed by atoms with Crippen molar-refractivity contribution < 1.29 is 22.8 Å². The summed E-state index contributed by atoms with van der Waals surface area (Å²) >= 11 is 0. The SMILES string of the molecule is CCN(CC)S(=O)(=O)c1ccc(OC(C)C)c(NC(=O)C2=NOC(c3ccccc3)C2)c1. The first-order valence-electron chi connectivity index (χ1n) is 10.7. The van der Waals surface area contributed by atoms with E-state index in [0.717, 1.165) is 5.56 Å². The molecule has 0 aliphatic carbocycles. The number of ether oxygens (including phenoxy) is 1. The van der Waals surface area contributed by atoms with Crippen molar-refractivity contribution in [2.45, 2.75) is 51.2 Å². The molecule has 0 saturated heterocycles. The summed E-state index contributed by atoms with van der Waals surface area (Å²) in [6.07, 6.45) is -0.184. The molecule has 1 amide bonds. The van der Waals surface area contributed by atoms with Crippen LogP contribution >= 0.6 is 0 Å². The second-order valence-corrected chi connectivity index (χ2v) is 9.55. The van der Waals surface area contributed by atoms with Gasteiger partial charge in [-0.2, -0.15) is 4.31 Å². The van der Waals surface area contributed by atoms with Crippen molar-refractivity contribution in [3.05, 3.63) is 54.1 Å². The van der Waals surface area contributed by atoms with Crippen molar-refractivity contribution in [3.63, 3.8) is 0 Å². The molecule has 0 saturated carbocycles. The Morgan fingerprint density at radius 3 is 2.50 bits per heavy atom. The number of nitrogens with zero attached hydrogens (tertiary/aromatic N) is 2. The first-order valence-corrected chi connectivity index (χ1v) is 12.1.